The maximum Gasteiger partial charge on any atom is 0.123 e. The van der Waals surface area contributed by atoms with Gasteiger partial charge in [-0.05, 0) is 60.9 Å². The highest BCUT2D eigenvalue weighted by molar-refractivity contribution is 9.09. The van der Waals surface area contributed by atoms with Crippen LogP contribution in [0.5, 0.6) is 0 Å². The van der Waals surface area contributed by atoms with Gasteiger partial charge in [-0.15, -0.1) is 0 Å². The van der Waals surface area contributed by atoms with Crippen LogP contribution < -0.4 is 16.4 Å². The van der Waals surface area contributed by atoms with Crippen molar-refractivity contribution in [1.29, 1.82) is 0 Å². The number of hydrogen-bond acceptors (Lipinski definition) is 4. The second-order valence-corrected chi connectivity index (χ2v) is 12.1. The van der Waals surface area contributed by atoms with Gasteiger partial charge in [-0.1, -0.05) is 58.7 Å². The van der Waals surface area contributed by atoms with Gasteiger partial charge in [-0.3, -0.25) is 4.99 Å². The molecule has 1 aliphatic carbocycles. The van der Waals surface area contributed by atoms with Gasteiger partial charge in [0.15, 0.2) is 0 Å². The van der Waals surface area contributed by atoms with Gasteiger partial charge in [0.1, 0.15) is 18.5 Å². The molecule has 3 N–H and O–H groups in total. The number of anilines is 1. The molecule has 29 heavy (non-hydrogen) atoms. The fourth-order valence-electron chi connectivity index (χ4n) is 3.36. The minimum atomic E-state index is -2.56. The third kappa shape index (κ3) is 5.45. The predicted molar refractivity (Wildman–Crippen MR) is 132 cm³/mol. The lowest BCUT2D eigenvalue weighted by Crippen LogP contribution is -2.20. The van der Waals surface area contributed by atoms with Crippen molar-refractivity contribution in [1.82, 2.24) is 0 Å². The summed E-state index contributed by atoms with van der Waals surface area (Å²) in [4.78, 5) is 4.31. The molecule has 2 aromatic carbocycles. The zero-order valence-electron chi connectivity index (χ0n) is 17.1. The molecule has 2 aromatic rings. The third-order valence-corrected chi connectivity index (χ3v) is 7.68. The van der Waals surface area contributed by atoms with Crippen LogP contribution >= 0.6 is 34.7 Å². The summed E-state index contributed by atoms with van der Waals surface area (Å²) in [5.74, 6) is 1.15. The fourth-order valence-corrected chi connectivity index (χ4v) is 5.36. The molecular weight excluding hydrogens is 469 g/mol. The highest BCUT2D eigenvalue weighted by Gasteiger charge is 2.25. The first-order chi connectivity index (χ1) is 13.7. The van der Waals surface area contributed by atoms with Gasteiger partial charge in [-0.25, -0.2) is 0 Å². The second-order valence-electron chi connectivity index (χ2n) is 7.89. The molecule has 1 aliphatic rings. The van der Waals surface area contributed by atoms with Gasteiger partial charge < -0.3 is 15.6 Å². The van der Waals surface area contributed by atoms with Crippen molar-refractivity contribution in [2.75, 3.05) is 24.0 Å². The summed E-state index contributed by atoms with van der Waals surface area (Å²) in [6.45, 7) is 5.58. The normalized spacial score (nSPS) is 16.9. The number of hydrogen-bond donors (Lipinski definition) is 2. The van der Waals surface area contributed by atoms with E-state index in [0.717, 1.165) is 33.8 Å². The standard InChI is InChI=1S/C22H28BrClN3OP/c1-4-20(24)26-13-17(12-23)22(25)27-19-10-8-16-11-15(14-5-6-14)7-9-18(16)21(19)29(2,3)28/h7-11,13-14,20,27H,4-6,12,25H2,1-3H3/b22-17+,26-13-. The summed E-state index contributed by atoms with van der Waals surface area (Å²) in [5, 5.41) is 6.77. The van der Waals surface area contributed by atoms with Crippen molar-refractivity contribution in [3.63, 3.8) is 0 Å². The van der Waals surface area contributed by atoms with Crippen LogP contribution in [0, 0.1) is 0 Å². The summed E-state index contributed by atoms with van der Waals surface area (Å²) >= 11 is 9.55. The van der Waals surface area contributed by atoms with Crippen LogP contribution in [0.3, 0.4) is 0 Å². The van der Waals surface area contributed by atoms with E-state index in [1.807, 2.05) is 13.0 Å². The Balaban J connectivity index is 2.04. The third-order valence-electron chi connectivity index (χ3n) is 5.09. The molecular formula is C22H28BrClN3OP. The Labute approximate surface area is 186 Å². The highest BCUT2D eigenvalue weighted by Crippen LogP contribution is 2.44. The molecule has 3 rings (SSSR count). The van der Waals surface area contributed by atoms with Crippen LogP contribution in [0.2, 0.25) is 0 Å². The van der Waals surface area contributed by atoms with E-state index in [2.05, 4.69) is 50.5 Å². The smallest absolute Gasteiger partial charge is 0.123 e. The van der Waals surface area contributed by atoms with E-state index >= 15 is 0 Å². The summed E-state index contributed by atoms with van der Waals surface area (Å²) in [7, 11) is -2.56. The molecule has 1 fully saturated rings. The van der Waals surface area contributed by atoms with Gasteiger partial charge in [0.25, 0.3) is 0 Å². The predicted octanol–water partition coefficient (Wildman–Crippen LogP) is 5.99. The largest absolute Gasteiger partial charge is 0.385 e. The number of allylic oxidation sites excluding steroid dienone is 1. The number of aliphatic imine (C=N–C) groups is 1. The van der Waals surface area contributed by atoms with Gasteiger partial charge in [0.2, 0.25) is 0 Å². The Bertz CT molecular complexity index is 1010. The molecule has 156 valence electrons. The Morgan fingerprint density at radius 1 is 1.38 bits per heavy atom. The maximum absolute atomic E-state index is 13.2. The molecule has 0 heterocycles. The van der Waals surface area contributed by atoms with Crippen LogP contribution in [0.15, 0.2) is 46.7 Å². The van der Waals surface area contributed by atoms with Crippen molar-refractivity contribution in [3.8, 4) is 0 Å². The molecule has 0 spiro atoms. The summed E-state index contributed by atoms with van der Waals surface area (Å²) in [6.07, 6.45) is 4.96. The van der Waals surface area contributed by atoms with Crippen LogP contribution in [0.25, 0.3) is 10.8 Å². The zero-order valence-corrected chi connectivity index (χ0v) is 20.3. The minimum absolute atomic E-state index is 0.278. The molecule has 0 aliphatic heterocycles. The van der Waals surface area contributed by atoms with E-state index in [4.69, 9.17) is 17.3 Å². The monoisotopic (exact) mass is 495 g/mol. The van der Waals surface area contributed by atoms with Crippen LogP contribution in [-0.2, 0) is 4.57 Å². The van der Waals surface area contributed by atoms with E-state index in [1.54, 1.807) is 19.5 Å². The van der Waals surface area contributed by atoms with E-state index in [-0.39, 0.29) is 5.50 Å². The Morgan fingerprint density at radius 2 is 2.10 bits per heavy atom. The van der Waals surface area contributed by atoms with Crippen molar-refractivity contribution in [2.45, 2.75) is 37.6 Å². The number of nitrogens with two attached hydrogens (primary N) is 1. The molecule has 1 saturated carbocycles. The molecule has 0 aromatic heterocycles. The molecule has 0 radical (unpaired) electrons. The second kappa shape index (κ2) is 9.24. The highest BCUT2D eigenvalue weighted by atomic mass is 79.9. The number of fused-ring (bicyclic) bond motifs is 1. The summed E-state index contributed by atoms with van der Waals surface area (Å²) in [6, 6.07) is 10.6. The van der Waals surface area contributed by atoms with Crippen LogP contribution in [0.1, 0.15) is 37.7 Å². The lowest BCUT2D eigenvalue weighted by molar-refractivity contribution is 0.588. The summed E-state index contributed by atoms with van der Waals surface area (Å²) in [5.41, 5.74) is 8.99. The lowest BCUT2D eigenvalue weighted by atomic mass is 10.0. The average molecular weight is 497 g/mol. The first-order valence-electron chi connectivity index (χ1n) is 9.85. The number of rotatable bonds is 8. The Kier molecular flexibility index (Phi) is 7.14. The van der Waals surface area contributed by atoms with Crippen LogP contribution in [0.4, 0.5) is 5.69 Å². The Hall–Kier alpha value is -1.29. The molecule has 4 nitrogen and oxygen atoms in total. The molecule has 7 heteroatoms. The number of nitrogens with one attached hydrogen (secondary N) is 1. The molecule has 1 atom stereocenters. The van der Waals surface area contributed by atoms with Crippen molar-refractivity contribution in [3.05, 3.63) is 47.3 Å². The molecule has 0 amide bonds. The van der Waals surface area contributed by atoms with Gasteiger partial charge in [0, 0.05) is 22.4 Å². The number of benzene rings is 2. The SMILES string of the molecule is CCC(Cl)/N=C\C(CBr)=C(/N)Nc1ccc2cc(C3CC3)ccc2c1P(C)(C)=O. The van der Waals surface area contributed by atoms with Crippen molar-refractivity contribution < 1.29 is 4.57 Å². The number of halogens is 2. The van der Waals surface area contributed by atoms with Crippen molar-refractivity contribution >= 4 is 62.7 Å². The lowest BCUT2D eigenvalue weighted by Gasteiger charge is -2.19. The quantitative estimate of drug-likeness (QED) is 0.204. The maximum atomic E-state index is 13.2. The first-order valence-corrected chi connectivity index (χ1v) is 14.0. The van der Waals surface area contributed by atoms with E-state index < -0.39 is 7.14 Å². The topological polar surface area (TPSA) is 67.5 Å². The number of alkyl halides is 2. The fraction of sp³-hybridized carbons (Fsp3) is 0.409. The van der Waals surface area contributed by atoms with Gasteiger partial charge in [-0.2, -0.15) is 0 Å². The average Bonchev–Trinajstić information content (AvgIpc) is 3.52. The van der Waals surface area contributed by atoms with E-state index in [0.29, 0.717) is 17.1 Å². The Morgan fingerprint density at radius 3 is 2.69 bits per heavy atom. The van der Waals surface area contributed by atoms with Gasteiger partial charge >= 0.3 is 0 Å². The van der Waals surface area contributed by atoms with Crippen LogP contribution in [-0.4, -0.2) is 30.4 Å². The number of nitrogens with zero attached hydrogens (tertiary/aromatic N) is 1. The molecule has 1 unspecified atom stereocenters. The molecule has 0 saturated heterocycles. The van der Waals surface area contributed by atoms with Gasteiger partial charge in [0.05, 0.1) is 5.69 Å². The minimum Gasteiger partial charge on any atom is -0.385 e. The molecule has 0 bridgehead atoms. The zero-order chi connectivity index (χ0) is 21.2. The van der Waals surface area contributed by atoms with E-state index in [1.165, 1.54) is 18.4 Å². The first kappa shape index (κ1) is 22.4. The van der Waals surface area contributed by atoms with E-state index in [9.17, 15) is 4.57 Å². The summed E-state index contributed by atoms with van der Waals surface area (Å²) < 4.78 is 13.2. The van der Waals surface area contributed by atoms with Crippen molar-refractivity contribution in [2.24, 2.45) is 10.7 Å².